The van der Waals surface area contributed by atoms with Crippen molar-refractivity contribution < 1.29 is 22.3 Å². The Morgan fingerprint density at radius 1 is 1.35 bits per heavy atom. The molecule has 0 bridgehead atoms. The van der Waals surface area contributed by atoms with Gasteiger partial charge in [-0.1, -0.05) is 0 Å². The van der Waals surface area contributed by atoms with Gasteiger partial charge in [-0.3, -0.25) is 0 Å². The highest BCUT2D eigenvalue weighted by atomic mass is 79.9. The van der Waals surface area contributed by atoms with Crippen molar-refractivity contribution in [2.45, 2.75) is 24.3 Å². The van der Waals surface area contributed by atoms with Gasteiger partial charge in [0.05, 0.1) is 18.0 Å². The van der Waals surface area contributed by atoms with Gasteiger partial charge in [0.15, 0.2) is 11.6 Å². The van der Waals surface area contributed by atoms with Crippen LogP contribution in [0.5, 0.6) is 11.6 Å². The van der Waals surface area contributed by atoms with Crippen molar-refractivity contribution in [3.05, 3.63) is 46.8 Å². The zero-order valence-electron chi connectivity index (χ0n) is 14.1. The highest BCUT2D eigenvalue weighted by Gasteiger charge is 2.34. The lowest BCUT2D eigenvalue weighted by atomic mass is 10.3. The van der Waals surface area contributed by atoms with E-state index in [1.807, 2.05) is 0 Å². The molecule has 0 radical (unpaired) electrons. The molecule has 0 saturated carbocycles. The van der Waals surface area contributed by atoms with Crippen LogP contribution >= 0.6 is 15.9 Å². The van der Waals surface area contributed by atoms with Gasteiger partial charge >= 0.3 is 0 Å². The summed E-state index contributed by atoms with van der Waals surface area (Å²) in [5.41, 5.74) is 0. The minimum atomic E-state index is -3.79. The van der Waals surface area contributed by atoms with E-state index in [0.717, 1.165) is 10.5 Å². The average Bonchev–Trinajstić information content (AvgIpc) is 3.08. The molecule has 3 rings (SSSR count). The number of ether oxygens (including phenoxy) is 2. The van der Waals surface area contributed by atoms with Gasteiger partial charge in [-0.15, -0.1) is 0 Å². The molecule has 140 valence electrons. The summed E-state index contributed by atoms with van der Waals surface area (Å²) in [6, 6.07) is 7.19. The lowest BCUT2D eigenvalue weighted by molar-refractivity contribution is 0.207. The Hall–Kier alpha value is -1.71. The monoisotopic (exact) mass is 444 g/mol. The molecule has 1 aromatic heterocycles. The molecular weight excluding hydrogens is 427 g/mol. The first-order valence-electron chi connectivity index (χ1n) is 8.11. The summed E-state index contributed by atoms with van der Waals surface area (Å²) in [5, 5.41) is 0. The second-order valence-corrected chi connectivity index (χ2v) is 8.59. The molecule has 1 unspecified atom stereocenters. The molecule has 0 amide bonds. The maximum absolute atomic E-state index is 14.0. The van der Waals surface area contributed by atoms with E-state index < -0.39 is 15.8 Å². The van der Waals surface area contributed by atoms with E-state index in [-0.39, 0.29) is 23.3 Å². The molecule has 1 saturated heterocycles. The fourth-order valence-electron chi connectivity index (χ4n) is 2.68. The zero-order chi connectivity index (χ0) is 18.7. The standard InChI is InChI=1S/C17H18BrFN2O4S/c1-2-24-16-5-4-14(9-15(16)19)26(22,23)21-8-7-13(11-21)25-17-6-3-12(18)10-20-17/h3-6,9-10,13H,2,7-8,11H2,1H3. The fraction of sp³-hybridized carbons (Fsp3) is 0.353. The van der Waals surface area contributed by atoms with Crippen molar-refractivity contribution in [1.29, 1.82) is 0 Å². The largest absolute Gasteiger partial charge is 0.491 e. The molecule has 1 fully saturated rings. The molecule has 9 heteroatoms. The summed E-state index contributed by atoms with van der Waals surface area (Å²) in [5.74, 6) is -0.223. The predicted molar refractivity (Wildman–Crippen MR) is 97.3 cm³/mol. The van der Waals surface area contributed by atoms with Crippen LogP contribution in [0.15, 0.2) is 45.9 Å². The molecular formula is C17H18BrFN2O4S. The minimum absolute atomic E-state index is 0.0374. The molecule has 2 aromatic rings. The number of benzene rings is 1. The molecule has 1 aromatic carbocycles. The van der Waals surface area contributed by atoms with Crippen LogP contribution in [0.4, 0.5) is 4.39 Å². The number of pyridine rings is 1. The Bertz CT molecular complexity index is 877. The maximum Gasteiger partial charge on any atom is 0.243 e. The third kappa shape index (κ3) is 4.16. The van der Waals surface area contributed by atoms with E-state index in [1.54, 1.807) is 25.3 Å². The molecule has 26 heavy (non-hydrogen) atoms. The Kier molecular flexibility index (Phi) is 5.79. The molecule has 0 N–H and O–H groups in total. The number of sulfonamides is 1. The number of nitrogens with zero attached hydrogens (tertiary/aromatic N) is 2. The first kappa shape index (κ1) is 19.1. The summed E-state index contributed by atoms with van der Waals surface area (Å²) in [6.07, 6.45) is 1.85. The first-order valence-corrected chi connectivity index (χ1v) is 10.3. The molecule has 1 aliphatic rings. The zero-order valence-corrected chi connectivity index (χ0v) is 16.5. The smallest absolute Gasteiger partial charge is 0.243 e. The Morgan fingerprint density at radius 3 is 2.81 bits per heavy atom. The van der Waals surface area contributed by atoms with Crippen molar-refractivity contribution >= 4 is 26.0 Å². The van der Waals surface area contributed by atoms with Crippen LogP contribution in [-0.2, 0) is 10.0 Å². The topological polar surface area (TPSA) is 68.7 Å². The van der Waals surface area contributed by atoms with Crippen molar-refractivity contribution in [1.82, 2.24) is 9.29 Å². The van der Waals surface area contributed by atoms with Crippen LogP contribution in [0.25, 0.3) is 0 Å². The van der Waals surface area contributed by atoms with Crippen molar-refractivity contribution in [2.75, 3.05) is 19.7 Å². The predicted octanol–water partition coefficient (Wildman–Crippen LogP) is 3.22. The van der Waals surface area contributed by atoms with E-state index >= 15 is 0 Å². The Balaban J connectivity index is 1.70. The number of rotatable bonds is 6. The Labute approximate surface area is 160 Å². The van der Waals surface area contributed by atoms with E-state index in [4.69, 9.17) is 9.47 Å². The van der Waals surface area contributed by atoms with Gasteiger partial charge in [0, 0.05) is 23.3 Å². The van der Waals surface area contributed by atoms with Crippen molar-refractivity contribution in [3.63, 3.8) is 0 Å². The van der Waals surface area contributed by atoms with Gasteiger partial charge in [0.2, 0.25) is 15.9 Å². The van der Waals surface area contributed by atoms with Crippen LogP contribution in [0, 0.1) is 5.82 Å². The summed E-state index contributed by atoms with van der Waals surface area (Å²) >= 11 is 3.30. The van der Waals surface area contributed by atoms with E-state index in [1.165, 1.54) is 16.4 Å². The quantitative estimate of drug-likeness (QED) is 0.683. The van der Waals surface area contributed by atoms with Crippen LogP contribution < -0.4 is 9.47 Å². The molecule has 6 nitrogen and oxygen atoms in total. The first-order chi connectivity index (χ1) is 12.4. The minimum Gasteiger partial charge on any atom is -0.491 e. The van der Waals surface area contributed by atoms with Gasteiger partial charge in [-0.2, -0.15) is 4.31 Å². The van der Waals surface area contributed by atoms with Gasteiger partial charge in [-0.05, 0) is 53.5 Å². The summed E-state index contributed by atoms with van der Waals surface area (Å²) in [6.45, 7) is 2.53. The number of hydrogen-bond donors (Lipinski definition) is 0. The highest BCUT2D eigenvalue weighted by Crippen LogP contribution is 2.27. The number of aromatic nitrogens is 1. The van der Waals surface area contributed by atoms with E-state index in [0.29, 0.717) is 25.5 Å². The lowest BCUT2D eigenvalue weighted by Crippen LogP contribution is -2.31. The Morgan fingerprint density at radius 2 is 2.15 bits per heavy atom. The number of halogens is 2. The second kappa shape index (κ2) is 7.89. The van der Waals surface area contributed by atoms with Crippen LogP contribution in [0.3, 0.4) is 0 Å². The third-order valence-electron chi connectivity index (χ3n) is 3.94. The second-order valence-electron chi connectivity index (χ2n) is 5.73. The van der Waals surface area contributed by atoms with Crippen LogP contribution in [0.1, 0.15) is 13.3 Å². The third-order valence-corrected chi connectivity index (χ3v) is 6.27. The lowest BCUT2D eigenvalue weighted by Gasteiger charge is -2.17. The van der Waals surface area contributed by atoms with E-state index in [9.17, 15) is 12.8 Å². The van der Waals surface area contributed by atoms with Gasteiger partial charge in [0.25, 0.3) is 0 Å². The molecule has 1 aliphatic heterocycles. The van der Waals surface area contributed by atoms with Gasteiger partial charge in [0.1, 0.15) is 6.10 Å². The maximum atomic E-state index is 14.0. The highest BCUT2D eigenvalue weighted by molar-refractivity contribution is 9.10. The van der Waals surface area contributed by atoms with Crippen LogP contribution in [0.2, 0.25) is 0 Å². The van der Waals surface area contributed by atoms with Crippen LogP contribution in [-0.4, -0.2) is 43.5 Å². The average molecular weight is 445 g/mol. The SMILES string of the molecule is CCOc1ccc(S(=O)(=O)N2CCC(Oc3ccc(Br)cn3)C2)cc1F. The number of hydrogen-bond acceptors (Lipinski definition) is 5. The van der Waals surface area contributed by atoms with Gasteiger partial charge in [-0.25, -0.2) is 17.8 Å². The molecule has 2 heterocycles. The van der Waals surface area contributed by atoms with Crippen molar-refractivity contribution in [3.8, 4) is 11.6 Å². The van der Waals surface area contributed by atoms with Crippen molar-refractivity contribution in [2.24, 2.45) is 0 Å². The summed E-state index contributed by atoms with van der Waals surface area (Å²) in [4.78, 5) is 4.03. The summed E-state index contributed by atoms with van der Waals surface area (Å²) in [7, 11) is -3.79. The van der Waals surface area contributed by atoms with E-state index in [2.05, 4.69) is 20.9 Å². The molecule has 1 atom stereocenters. The summed E-state index contributed by atoms with van der Waals surface area (Å²) < 4.78 is 52.5. The van der Waals surface area contributed by atoms with Gasteiger partial charge < -0.3 is 9.47 Å². The normalized spacial score (nSPS) is 18.0. The fourth-order valence-corrected chi connectivity index (χ4v) is 4.41. The molecule has 0 spiro atoms. The molecule has 0 aliphatic carbocycles.